The van der Waals surface area contributed by atoms with E-state index >= 15 is 0 Å². The van der Waals surface area contributed by atoms with E-state index in [9.17, 15) is 0 Å². The molecule has 0 spiro atoms. The van der Waals surface area contributed by atoms with Crippen LogP contribution < -0.4 is 5.73 Å². The fourth-order valence-corrected chi connectivity index (χ4v) is 1.63. The van der Waals surface area contributed by atoms with Gasteiger partial charge in [-0.2, -0.15) is 0 Å². The van der Waals surface area contributed by atoms with Gasteiger partial charge in [0, 0.05) is 13.2 Å². The van der Waals surface area contributed by atoms with Gasteiger partial charge in [-0.15, -0.1) is 12.6 Å². The molecule has 0 aromatic carbocycles. The van der Waals surface area contributed by atoms with E-state index in [1.54, 1.807) is 0 Å². The molecule has 3 heteroatoms. The molecule has 0 aliphatic rings. The van der Waals surface area contributed by atoms with Gasteiger partial charge in [-0.3, -0.25) is 0 Å². The summed E-state index contributed by atoms with van der Waals surface area (Å²) in [4.78, 5) is 0. The third-order valence-electron chi connectivity index (χ3n) is 2.51. The average Bonchev–Trinajstić information content (AvgIpc) is 2.26. The van der Waals surface area contributed by atoms with E-state index in [2.05, 4.69) is 19.6 Å². The highest BCUT2D eigenvalue weighted by Gasteiger charge is 1.98. The van der Waals surface area contributed by atoms with Crippen LogP contribution in [0.1, 0.15) is 58.3 Å². The predicted molar refractivity (Wildman–Crippen MR) is 70.4 cm³/mol. The number of nitrogens with two attached hydrogens (primary N) is 1. The molecule has 0 bridgehead atoms. The maximum atomic E-state index is 5.38. The normalized spacial score (nSPS) is 13.0. The van der Waals surface area contributed by atoms with Crippen molar-refractivity contribution in [2.45, 2.75) is 63.7 Å². The van der Waals surface area contributed by atoms with Crippen molar-refractivity contribution in [3.63, 3.8) is 0 Å². The van der Waals surface area contributed by atoms with Crippen molar-refractivity contribution in [3.05, 3.63) is 0 Å². The number of ether oxygens (including phenoxy) is 1. The predicted octanol–water partition coefficient (Wildman–Crippen LogP) is 3.36. The number of thiol groups is 1. The first-order valence-electron chi connectivity index (χ1n) is 6.31. The summed E-state index contributed by atoms with van der Waals surface area (Å²) >= 11 is 4.16. The maximum absolute atomic E-state index is 5.38. The molecule has 0 rings (SSSR count). The smallest absolute Gasteiger partial charge is 0.112 e. The number of hydrogen-bond acceptors (Lipinski definition) is 3. The molecular weight excluding hydrogens is 206 g/mol. The Bertz CT molecular complexity index is 122. The third-order valence-corrected chi connectivity index (χ3v) is 2.87. The van der Waals surface area contributed by atoms with Crippen LogP contribution in [0.2, 0.25) is 0 Å². The molecule has 15 heavy (non-hydrogen) atoms. The van der Waals surface area contributed by atoms with Gasteiger partial charge in [-0.05, 0) is 6.42 Å². The zero-order valence-electron chi connectivity index (χ0n) is 10.1. The lowest BCUT2D eigenvalue weighted by Crippen LogP contribution is -2.18. The molecule has 0 saturated heterocycles. The van der Waals surface area contributed by atoms with Gasteiger partial charge in [-0.25, -0.2) is 0 Å². The van der Waals surface area contributed by atoms with Crippen LogP contribution in [0.5, 0.6) is 0 Å². The average molecular weight is 233 g/mol. The number of hydrogen-bond donors (Lipinski definition) is 2. The summed E-state index contributed by atoms with van der Waals surface area (Å²) in [5.74, 6) is 0. The van der Waals surface area contributed by atoms with Gasteiger partial charge in [-0.1, -0.05) is 51.9 Å². The Morgan fingerprint density at radius 1 is 1.00 bits per heavy atom. The largest absolute Gasteiger partial charge is 0.367 e. The molecular formula is C12H27NOS. The van der Waals surface area contributed by atoms with Crippen LogP contribution in [0.25, 0.3) is 0 Å². The van der Waals surface area contributed by atoms with Gasteiger partial charge >= 0.3 is 0 Å². The van der Waals surface area contributed by atoms with Gasteiger partial charge in [0.25, 0.3) is 0 Å². The minimum absolute atomic E-state index is 0.0745. The van der Waals surface area contributed by atoms with Crippen molar-refractivity contribution in [1.82, 2.24) is 0 Å². The van der Waals surface area contributed by atoms with Crippen LogP contribution in [0.4, 0.5) is 0 Å². The molecule has 0 saturated carbocycles. The second-order valence-corrected chi connectivity index (χ2v) is 4.61. The Labute approximate surface area is 100 Å². The van der Waals surface area contributed by atoms with Crippen LogP contribution in [-0.4, -0.2) is 18.6 Å². The van der Waals surface area contributed by atoms with Crippen molar-refractivity contribution in [2.24, 2.45) is 5.73 Å². The molecule has 92 valence electrons. The number of unbranched alkanes of at least 4 members (excludes halogenated alkanes) is 7. The second-order valence-electron chi connectivity index (χ2n) is 4.04. The Morgan fingerprint density at radius 3 is 2.07 bits per heavy atom. The quantitative estimate of drug-likeness (QED) is 0.326. The molecule has 0 amide bonds. The van der Waals surface area contributed by atoms with Crippen molar-refractivity contribution in [1.29, 1.82) is 0 Å². The highest BCUT2D eigenvalue weighted by atomic mass is 32.1. The highest BCUT2D eigenvalue weighted by molar-refractivity contribution is 7.80. The molecule has 1 unspecified atom stereocenters. The molecule has 1 atom stereocenters. The van der Waals surface area contributed by atoms with Gasteiger partial charge in [0.2, 0.25) is 0 Å². The molecule has 0 aliphatic carbocycles. The van der Waals surface area contributed by atoms with E-state index in [0.29, 0.717) is 6.54 Å². The molecule has 0 fully saturated rings. The van der Waals surface area contributed by atoms with E-state index < -0.39 is 0 Å². The van der Waals surface area contributed by atoms with Crippen molar-refractivity contribution < 1.29 is 4.74 Å². The van der Waals surface area contributed by atoms with E-state index in [1.807, 2.05) is 0 Å². The fourth-order valence-electron chi connectivity index (χ4n) is 1.52. The zero-order chi connectivity index (χ0) is 11.4. The molecule has 0 radical (unpaired) electrons. The first-order valence-corrected chi connectivity index (χ1v) is 6.82. The molecule has 0 aromatic rings. The molecule has 0 aliphatic heterocycles. The van der Waals surface area contributed by atoms with Gasteiger partial charge in [0.1, 0.15) is 5.44 Å². The summed E-state index contributed by atoms with van der Waals surface area (Å²) in [7, 11) is 0. The summed E-state index contributed by atoms with van der Waals surface area (Å²) in [6.07, 6.45) is 10.7. The molecule has 0 heterocycles. The number of rotatable bonds is 11. The lowest BCUT2D eigenvalue weighted by molar-refractivity contribution is 0.115. The molecule has 0 aromatic heterocycles. The summed E-state index contributed by atoms with van der Waals surface area (Å²) in [6, 6.07) is 0. The fraction of sp³-hybridized carbons (Fsp3) is 1.00. The minimum atomic E-state index is -0.0745. The topological polar surface area (TPSA) is 35.2 Å². The van der Waals surface area contributed by atoms with Crippen LogP contribution >= 0.6 is 12.6 Å². The van der Waals surface area contributed by atoms with Crippen LogP contribution in [0, 0.1) is 0 Å². The molecule has 2 nitrogen and oxygen atoms in total. The standard InChI is InChI=1S/C12H27NOS/c1-2-3-4-5-6-7-8-9-10-14-12(15)11-13/h12,15H,2-11,13H2,1H3. The van der Waals surface area contributed by atoms with Gasteiger partial charge < -0.3 is 10.5 Å². The zero-order valence-corrected chi connectivity index (χ0v) is 11.0. The monoisotopic (exact) mass is 233 g/mol. The Morgan fingerprint density at radius 2 is 1.53 bits per heavy atom. The summed E-state index contributed by atoms with van der Waals surface area (Å²) in [5, 5.41) is 0. The summed E-state index contributed by atoms with van der Waals surface area (Å²) < 4.78 is 5.38. The third kappa shape index (κ3) is 12.2. The van der Waals surface area contributed by atoms with Gasteiger partial charge in [0.05, 0.1) is 0 Å². The maximum Gasteiger partial charge on any atom is 0.112 e. The van der Waals surface area contributed by atoms with Crippen LogP contribution in [0.15, 0.2) is 0 Å². The van der Waals surface area contributed by atoms with Crippen LogP contribution in [0.3, 0.4) is 0 Å². The lowest BCUT2D eigenvalue weighted by atomic mass is 10.1. The van der Waals surface area contributed by atoms with E-state index in [-0.39, 0.29) is 5.44 Å². The van der Waals surface area contributed by atoms with E-state index in [4.69, 9.17) is 10.5 Å². The van der Waals surface area contributed by atoms with Gasteiger partial charge in [0.15, 0.2) is 0 Å². The molecule has 2 N–H and O–H groups in total. The Kier molecular flexibility index (Phi) is 12.6. The first kappa shape index (κ1) is 15.3. The Balaban J connectivity index is 2.92. The second kappa shape index (κ2) is 12.3. The lowest BCUT2D eigenvalue weighted by Gasteiger charge is -2.09. The van der Waals surface area contributed by atoms with Crippen molar-refractivity contribution in [2.75, 3.05) is 13.2 Å². The SMILES string of the molecule is CCCCCCCCCCOC(S)CN. The van der Waals surface area contributed by atoms with Crippen LogP contribution in [-0.2, 0) is 4.74 Å². The first-order chi connectivity index (χ1) is 7.31. The van der Waals surface area contributed by atoms with E-state index in [0.717, 1.165) is 13.0 Å². The highest BCUT2D eigenvalue weighted by Crippen LogP contribution is 2.08. The van der Waals surface area contributed by atoms with Crippen molar-refractivity contribution >= 4 is 12.6 Å². The van der Waals surface area contributed by atoms with Crippen molar-refractivity contribution in [3.8, 4) is 0 Å². The summed E-state index contributed by atoms with van der Waals surface area (Å²) in [6.45, 7) is 3.56. The van der Waals surface area contributed by atoms with E-state index in [1.165, 1.54) is 44.9 Å². The summed E-state index contributed by atoms with van der Waals surface area (Å²) in [5.41, 5.74) is 5.31. The Hall–Kier alpha value is 0.270. The minimum Gasteiger partial charge on any atom is -0.367 e.